The number of para-hydroxylation sites is 2. The summed E-state index contributed by atoms with van der Waals surface area (Å²) in [5.41, 5.74) is 7.14. The maximum absolute atomic E-state index is 13.9. The molecule has 6 aromatic carbocycles. The molecule has 0 saturated heterocycles. The number of benzene rings is 6. The Hall–Kier alpha value is -6.80. The lowest BCUT2D eigenvalue weighted by molar-refractivity contribution is 0.841. The van der Waals surface area contributed by atoms with Crippen LogP contribution in [0.4, 0.5) is 0 Å². The second-order valence-electron chi connectivity index (χ2n) is 12.9. The Bertz CT molecular complexity index is 3050. The molecule has 4 heterocycles. The zero-order chi connectivity index (χ0) is 33.7. The summed E-state index contributed by atoms with van der Waals surface area (Å²) in [5.74, 6) is 0. The third kappa shape index (κ3) is 3.87. The molecular formula is C42H26N4O4. The molecule has 50 heavy (non-hydrogen) atoms. The maximum Gasteiger partial charge on any atom is 0.282 e. The minimum absolute atomic E-state index is 0.326. The van der Waals surface area contributed by atoms with E-state index in [-0.39, 0.29) is 22.2 Å². The predicted molar refractivity (Wildman–Crippen MR) is 197 cm³/mol. The molecule has 0 bridgehead atoms. The molecule has 8 heteroatoms. The Morgan fingerprint density at radius 1 is 0.360 bits per heavy atom. The van der Waals surface area contributed by atoms with Gasteiger partial charge in [-0.05, 0) is 82.6 Å². The zero-order valence-corrected chi connectivity index (χ0v) is 26.5. The van der Waals surface area contributed by atoms with Gasteiger partial charge >= 0.3 is 0 Å². The van der Waals surface area contributed by atoms with Gasteiger partial charge in [-0.1, -0.05) is 97.1 Å². The highest BCUT2D eigenvalue weighted by Gasteiger charge is 2.21. The lowest BCUT2D eigenvalue weighted by Gasteiger charge is -2.12. The van der Waals surface area contributed by atoms with Crippen molar-refractivity contribution in [3.63, 3.8) is 0 Å². The van der Waals surface area contributed by atoms with E-state index in [2.05, 4.69) is 30.3 Å². The van der Waals surface area contributed by atoms with Crippen molar-refractivity contribution in [1.82, 2.24) is 18.1 Å². The zero-order valence-electron chi connectivity index (χ0n) is 26.5. The van der Waals surface area contributed by atoms with Crippen LogP contribution in [0.3, 0.4) is 0 Å². The van der Waals surface area contributed by atoms with Crippen molar-refractivity contribution in [2.24, 2.45) is 0 Å². The fourth-order valence-electron chi connectivity index (χ4n) is 7.88. The van der Waals surface area contributed by atoms with Gasteiger partial charge in [0, 0.05) is 0 Å². The fourth-order valence-corrected chi connectivity index (χ4v) is 7.88. The van der Waals surface area contributed by atoms with Crippen LogP contribution < -0.4 is 22.2 Å². The number of nitrogens with zero attached hydrogens (tertiary/aromatic N) is 4. The second-order valence-corrected chi connectivity index (χ2v) is 12.9. The number of hydrogen-bond acceptors (Lipinski definition) is 4. The van der Waals surface area contributed by atoms with Crippen LogP contribution in [-0.4, -0.2) is 18.1 Å². The van der Waals surface area contributed by atoms with Crippen LogP contribution in [0.2, 0.25) is 0 Å². The van der Waals surface area contributed by atoms with Crippen LogP contribution in [0.1, 0.15) is 22.3 Å². The summed E-state index contributed by atoms with van der Waals surface area (Å²) in [6.07, 6.45) is 0.914. The molecule has 10 rings (SSSR count). The highest BCUT2D eigenvalue weighted by Crippen LogP contribution is 2.29. The molecule has 10 aromatic rings. The molecule has 0 fully saturated rings. The topological polar surface area (TPSA) is 85.9 Å². The van der Waals surface area contributed by atoms with Crippen LogP contribution in [0, 0.1) is 0 Å². The molecule has 0 unspecified atom stereocenters. The van der Waals surface area contributed by atoms with Crippen LogP contribution in [0.15, 0.2) is 153 Å². The van der Waals surface area contributed by atoms with Crippen LogP contribution in [0.5, 0.6) is 0 Å². The summed E-state index contributed by atoms with van der Waals surface area (Å²) in [4.78, 5) is 54.4. The standard InChI is InChI=1S/C42H26N4O4/c47-39-31-14-4-6-16-33(31)43-35-18-8-12-28(37(35)41(49)45(39)43)21-25-20-26(24-30(23-25)27-10-2-1-3-11-27)22-29-13-9-19-36-38(29)42(50)46-40(48)32-15-5-7-17-34(32)44(36)46/h1-20,23-24H,21-22H2. The third-order valence-electron chi connectivity index (χ3n) is 9.99. The molecule has 238 valence electrons. The van der Waals surface area contributed by atoms with Gasteiger partial charge in [-0.25, -0.2) is 9.03 Å². The first kappa shape index (κ1) is 28.2. The molecule has 0 aliphatic heterocycles. The molecule has 4 aromatic heterocycles. The third-order valence-corrected chi connectivity index (χ3v) is 9.99. The molecule has 0 saturated carbocycles. The summed E-state index contributed by atoms with van der Waals surface area (Å²) in [6.45, 7) is 0. The summed E-state index contributed by atoms with van der Waals surface area (Å²) < 4.78 is 5.93. The lowest BCUT2D eigenvalue weighted by Crippen LogP contribution is -2.21. The SMILES string of the molecule is O=c1c2ccccc2n2c3cccc(Cc4cc(Cc5cccc6c5c(=O)n5c(=O)c7ccccc7n65)cc(-c5ccccc5)c4)c3c(=O)n12. The van der Waals surface area contributed by atoms with Crippen molar-refractivity contribution in [2.45, 2.75) is 12.8 Å². The van der Waals surface area contributed by atoms with Gasteiger partial charge in [0.15, 0.2) is 0 Å². The van der Waals surface area contributed by atoms with Gasteiger partial charge in [0.1, 0.15) is 0 Å². The number of aromatic nitrogens is 4. The van der Waals surface area contributed by atoms with Crippen molar-refractivity contribution >= 4 is 43.6 Å². The molecular weight excluding hydrogens is 624 g/mol. The summed E-state index contributed by atoms with van der Waals surface area (Å²) >= 11 is 0. The van der Waals surface area contributed by atoms with Gasteiger partial charge in [0.25, 0.3) is 22.2 Å². The Morgan fingerprint density at radius 2 is 0.800 bits per heavy atom. The minimum atomic E-state index is -0.332. The summed E-state index contributed by atoms with van der Waals surface area (Å²) in [5, 5.41) is 2.06. The van der Waals surface area contributed by atoms with Crippen molar-refractivity contribution in [3.8, 4) is 11.1 Å². The van der Waals surface area contributed by atoms with E-state index in [1.165, 1.54) is 9.03 Å². The van der Waals surface area contributed by atoms with Crippen molar-refractivity contribution < 1.29 is 0 Å². The molecule has 0 aliphatic carbocycles. The van der Waals surface area contributed by atoms with Gasteiger partial charge in [0.2, 0.25) is 0 Å². The average Bonchev–Trinajstić information content (AvgIpc) is 3.82. The monoisotopic (exact) mass is 650 g/mol. The van der Waals surface area contributed by atoms with E-state index in [1.54, 1.807) is 33.3 Å². The van der Waals surface area contributed by atoms with Crippen molar-refractivity contribution in [1.29, 1.82) is 0 Å². The summed E-state index contributed by atoms with van der Waals surface area (Å²) in [6, 6.07) is 42.6. The Labute approximate surface area is 282 Å². The van der Waals surface area contributed by atoms with E-state index in [0.29, 0.717) is 56.5 Å². The smallest absolute Gasteiger partial charge is 0.267 e. The van der Waals surface area contributed by atoms with Crippen molar-refractivity contribution in [3.05, 3.63) is 197 Å². The van der Waals surface area contributed by atoms with E-state index >= 15 is 0 Å². The number of fused-ring (bicyclic) bond motifs is 10. The van der Waals surface area contributed by atoms with Crippen LogP contribution in [0.25, 0.3) is 54.7 Å². The minimum Gasteiger partial charge on any atom is -0.267 e. The molecule has 0 spiro atoms. The van der Waals surface area contributed by atoms with E-state index in [0.717, 1.165) is 33.4 Å². The van der Waals surface area contributed by atoms with Gasteiger partial charge in [-0.15, -0.1) is 0 Å². The van der Waals surface area contributed by atoms with Crippen molar-refractivity contribution in [2.75, 3.05) is 0 Å². The Kier molecular flexibility index (Phi) is 5.84. The quantitative estimate of drug-likeness (QED) is 0.223. The van der Waals surface area contributed by atoms with Gasteiger partial charge in [-0.3, -0.25) is 19.2 Å². The number of rotatable bonds is 5. The van der Waals surface area contributed by atoms with Gasteiger partial charge < -0.3 is 0 Å². The van der Waals surface area contributed by atoms with E-state index in [1.807, 2.05) is 78.9 Å². The second kappa shape index (κ2) is 10.3. The van der Waals surface area contributed by atoms with E-state index in [9.17, 15) is 19.2 Å². The summed E-state index contributed by atoms with van der Waals surface area (Å²) in [7, 11) is 0. The van der Waals surface area contributed by atoms with Crippen LogP contribution in [-0.2, 0) is 12.8 Å². The lowest BCUT2D eigenvalue weighted by atomic mass is 9.92. The Morgan fingerprint density at radius 3 is 1.30 bits per heavy atom. The highest BCUT2D eigenvalue weighted by molar-refractivity contribution is 5.91. The van der Waals surface area contributed by atoms with Gasteiger partial charge in [0.05, 0.1) is 43.6 Å². The molecule has 0 radical (unpaired) electrons. The number of hydrogen-bond donors (Lipinski definition) is 0. The van der Waals surface area contributed by atoms with E-state index in [4.69, 9.17) is 0 Å². The largest absolute Gasteiger partial charge is 0.282 e. The van der Waals surface area contributed by atoms with E-state index < -0.39 is 0 Å². The molecule has 0 aliphatic rings. The molecule has 0 amide bonds. The Balaban J connectivity index is 1.14. The first-order valence-corrected chi connectivity index (χ1v) is 16.5. The maximum atomic E-state index is 13.9. The molecule has 0 N–H and O–H groups in total. The average molecular weight is 651 g/mol. The predicted octanol–water partition coefficient (Wildman–Crippen LogP) is 6.17. The van der Waals surface area contributed by atoms with Crippen LogP contribution >= 0.6 is 0 Å². The van der Waals surface area contributed by atoms with Gasteiger partial charge in [-0.2, -0.15) is 9.03 Å². The first-order chi connectivity index (χ1) is 24.5. The normalized spacial score (nSPS) is 12.1. The molecule has 0 atom stereocenters. The highest BCUT2D eigenvalue weighted by atomic mass is 16.2. The first-order valence-electron chi connectivity index (χ1n) is 16.5. The molecule has 8 nitrogen and oxygen atoms in total. The fraction of sp³-hybridized carbons (Fsp3) is 0.0476.